The van der Waals surface area contributed by atoms with Crippen molar-refractivity contribution >= 4 is 23.1 Å². The van der Waals surface area contributed by atoms with E-state index >= 15 is 0 Å². The fourth-order valence-electron chi connectivity index (χ4n) is 2.16. The van der Waals surface area contributed by atoms with Crippen LogP contribution in [0.15, 0.2) is 23.4 Å². The molecular weight excluding hydrogens is 274 g/mol. The molecule has 5 heteroatoms. The number of unbranched alkanes of at least 4 members (excludes halogenated alkanes) is 2. The molecule has 0 heterocycles. The van der Waals surface area contributed by atoms with Gasteiger partial charge in [-0.05, 0) is 38.5 Å². The van der Waals surface area contributed by atoms with Gasteiger partial charge in [0.2, 0.25) is 0 Å². The first kappa shape index (κ1) is 16.6. The third kappa shape index (κ3) is 4.30. The Bertz CT molecular complexity index is 460. The second kappa shape index (κ2) is 8.00. The fraction of sp³-hybridized carbons (Fsp3) is 0.533. The van der Waals surface area contributed by atoms with E-state index in [0.29, 0.717) is 16.6 Å². The van der Waals surface area contributed by atoms with Gasteiger partial charge in [0.15, 0.2) is 5.84 Å². The highest BCUT2D eigenvalue weighted by atomic mass is 35.5. The average Bonchev–Trinajstić information content (AvgIpc) is 2.42. The van der Waals surface area contributed by atoms with Gasteiger partial charge in [-0.2, -0.15) is 0 Å². The fourth-order valence-corrected chi connectivity index (χ4v) is 2.43. The van der Waals surface area contributed by atoms with Crippen LogP contribution in [0, 0.1) is 0 Å². The molecule has 0 aromatic heterocycles. The van der Waals surface area contributed by atoms with Gasteiger partial charge in [-0.3, -0.25) is 0 Å². The van der Waals surface area contributed by atoms with E-state index in [1.807, 2.05) is 12.1 Å². The Morgan fingerprint density at radius 2 is 2.10 bits per heavy atom. The lowest BCUT2D eigenvalue weighted by atomic mass is 10.1. The summed E-state index contributed by atoms with van der Waals surface area (Å²) < 4.78 is 0. The molecule has 4 nitrogen and oxygen atoms in total. The monoisotopic (exact) mass is 297 g/mol. The van der Waals surface area contributed by atoms with Gasteiger partial charge < -0.3 is 15.8 Å². The summed E-state index contributed by atoms with van der Waals surface area (Å²) in [6.45, 7) is 7.53. The summed E-state index contributed by atoms with van der Waals surface area (Å²) in [5.74, 6) is 0.0311. The van der Waals surface area contributed by atoms with Crippen molar-refractivity contribution in [1.29, 1.82) is 0 Å². The van der Waals surface area contributed by atoms with E-state index in [0.717, 1.165) is 18.7 Å². The number of benzene rings is 1. The number of anilines is 1. The number of nitrogens with zero attached hydrogens (tertiary/aromatic N) is 2. The Labute approximate surface area is 126 Å². The second-order valence-corrected chi connectivity index (χ2v) is 5.55. The number of nitrogens with two attached hydrogens (primary N) is 1. The third-order valence-corrected chi connectivity index (χ3v) is 3.61. The van der Waals surface area contributed by atoms with E-state index in [1.54, 1.807) is 6.07 Å². The highest BCUT2D eigenvalue weighted by molar-refractivity contribution is 6.34. The van der Waals surface area contributed by atoms with E-state index in [-0.39, 0.29) is 5.84 Å². The van der Waals surface area contributed by atoms with Gasteiger partial charge in [-0.1, -0.05) is 36.5 Å². The van der Waals surface area contributed by atoms with Crippen LogP contribution in [0.4, 0.5) is 5.69 Å². The van der Waals surface area contributed by atoms with Crippen LogP contribution in [0.3, 0.4) is 0 Å². The van der Waals surface area contributed by atoms with Gasteiger partial charge in [0.25, 0.3) is 0 Å². The Kier molecular flexibility index (Phi) is 6.65. The molecule has 0 bridgehead atoms. The first-order chi connectivity index (χ1) is 9.51. The van der Waals surface area contributed by atoms with Gasteiger partial charge in [0.1, 0.15) is 0 Å². The number of rotatable bonds is 7. The molecule has 0 unspecified atom stereocenters. The van der Waals surface area contributed by atoms with Crippen molar-refractivity contribution in [3.05, 3.63) is 28.8 Å². The van der Waals surface area contributed by atoms with Crippen LogP contribution in [0.5, 0.6) is 0 Å². The van der Waals surface area contributed by atoms with Crippen LogP contribution in [0.25, 0.3) is 0 Å². The average molecular weight is 298 g/mol. The number of halogens is 1. The molecule has 20 heavy (non-hydrogen) atoms. The molecule has 0 amide bonds. The SMILES string of the molecule is CCCCCN(c1ccc(C(N)=NO)c(Cl)c1)C(C)C. The molecule has 0 atom stereocenters. The zero-order valence-corrected chi connectivity index (χ0v) is 13.2. The summed E-state index contributed by atoms with van der Waals surface area (Å²) in [4.78, 5) is 2.32. The second-order valence-electron chi connectivity index (χ2n) is 5.14. The summed E-state index contributed by atoms with van der Waals surface area (Å²) in [6.07, 6.45) is 3.59. The molecule has 112 valence electrons. The van der Waals surface area contributed by atoms with Crippen LogP contribution < -0.4 is 10.6 Å². The van der Waals surface area contributed by atoms with Crippen molar-refractivity contribution in [3.8, 4) is 0 Å². The number of hydrogen-bond acceptors (Lipinski definition) is 3. The summed E-state index contributed by atoms with van der Waals surface area (Å²) >= 11 is 6.21. The molecular formula is C15H24ClN3O. The quantitative estimate of drug-likeness (QED) is 0.264. The normalized spacial score (nSPS) is 11.9. The lowest BCUT2D eigenvalue weighted by Crippen LogP contribution is -2.31. The Morgan fingerprint density at radius 1 is 1.40 bits per heavy atom. The van der Waals surface area contributed by atoms with Gasteiger partial charge >= 0.3 is 0 Å². The van der Waals surface area contributed by atoms with E-state index in [4.69, 9.17) is 22.5 Å². The van der Waals surface area contributed by atoms with E-state index in [9.17, 15) is 0 Å². The maximum atomic E-state index is 8.72. The predicted octanol–water partition coefficient (Wildman–Crippen LogP) is 3.84. The van der Waals surface area contributed by atoms with Gasteiger partial charge in [-0.25, -0.2) is 0 Å². The molecule has 1 aromatic carbocycles. The molecule has 3 N–H and O–H groups in total. The zero-order chi connectivity index (χ0) is 15.1. The minimum absolute atomic E-state index is 0.0311. The van der Waals surface area contributed by atoms with Gasteiger partial charge in [0.05, 0.1) is 5.02 Å². The summed E-state index contributed by atoms with van der Waals surface area (Å²) in [7, 11) is 0. The Morgan fingerprint density at radius 3 is 2.60 bits per heavy atom. The molecule has 0 aliphatic carbocycles. The van der Waals surface area contributed by atoms with Crippen molar-refractivity contribution in [2.24, 2.45) is 10.9 Å². The third-order valence-electron chi connectivity index (χ3n) is 3.29. The zero-order valence-electron chi connectivity index (χ0n) is 12.4. The summed E-state index contributed by atoms with van der Waals surface area (Å²) in [6, 6.07) is 6.03. The maximum absolute atomic E-state index is 8.72. The highest BCUT2D eigenvalue weighted by Crippen LogP contribution is 2.25. The van der Waals surface area contributed by atoms with Crippen molar-refractivity contribution < 1.29 is 5.21 Å². The summed E-state index contributed by atoms with van der Waals surface area (Å²) in [5, 5.41) is 12.2. The minimum Gasteiger partial charge on any atom is -0.409 e. The van der Waals surface area contributed by atoms with Gasteiger partial charge in [0, 0.05) is 23.8 Å². The largest absolute Gasteiger partial charge is 0.409 e. The molecule has 1 aromatic rings. The maximum Gasteiger partial charge on any atom is 0.171 e. The summed E-state index contributed by atoms with van der Waals surface area (Å²) in [5.41, 5.74) is 7.20. The van der Waals surface area contributed by atoms with Crippen molar-refractivity contribution in [3.63, 3.8) is 0 Å². The van der Waals surface area contributed by atoms with Gasteiger partial charge in [-0.15, -0.1) is 0 Å². The number of hydrogen-bond donors (Lipinski definition) is 2. The van der Waals surface area contributed by atoms with Crippen LogP contribution in [-0.4, -0.2) is 23.6 Å². The van der Waals surface area contributed by atoms with Crippen LogP contribution >= 0.6 is 11.6 Å². The first-order valence-electron chi connectivity index (χ1n) is 7.05. The van der Waals surface area contributed by atoms with Crippen molar-refractivity contribution in [2.75, 3.05) is 11.4 Å². The van der Waals surface area contributed by atoms with Crippen LogP contribution in [0.2, 0.25) is 5.02 Å². The van der Waals surface area contributed by atoms with Crippen molar-refractivity contribution in [1.82, 2.24) is 0 Å². The predicted molar refractivity (Wildman–Crippen MR) is 86.0 cm³/mol. The molecule has 0 fully saturated rings. The van der Waals surface area contributed by atoms with E-state index in [1.165, 1.54) is 12.8 Å². The standard InChI is InChI=1S/C15H24ClN3O/c1-4-5-6-9-19(11(2)3)12-7-8-13(14(16)10-12)15(17)18-20/h7-8,10-11,20H,4-6,9H2,1-3H3,(H2,17,18). The molecule has 0 saturated carbocycles. The Hall–Kier alpha value is -1.42. The number of oxime groups is 1. The first-order valence-corrected chi connectivity index (χ1v) is 7.43. The van der Waals surface area contributed by atoms with Crippen LogP contribution in [-0.2, 0) is 0 Å². The van der Waals surface area contributed by atoms with Crippen molar-refractivity contribution in [2.45, 2.75) is 46.1 Å². The molecule has 1 rings (SSSR count). The minimum atomic E-state index is 0.0311. The molecule has 0 aliphatic heterocycles. The smallest absolute Gasteiger partial charge is 0.171 e. The lowest BCUT2D eigenvalue weighted by molar-refractivity contribution is 0.318. The highest BCUT2D eigenvalue weighted by Gasteiger charge is 2.13. The Balaban J connectivity index is 2.95. The van der Waals surface area contributed by atoms with E-state index < -0.39 is 0 Å². The number of amidine groups is 1. The molecule has 0 saturated heterocycles. The molecule has 0 radical (unpaired) electrons. The topological polar surface area (TPSA) is 61.8 Å². The van der Waals surface area contributed by atoms with Crippen LogP contribution in [0.1, 0.15) is 45.6 Å². The lowest BCUT2D eigenvalue weighted by Gasteiger charge is -2.29. The molecule has 0 aliphatic rings. The molecule has 0 spiro atoms. The van der Waals surface area contributed by atoms with E-state index in [2.05, 4.69) is 30.8 Å².